The number of carbonyl (C=O) groups is 2. The minimum absolute atomic E-state index is 0.0422. The standard InChI is InChI=1S/C38H40N4O5S/c1-26-18-21-42-25-34(41-35(42)23-26)30-13-15-32(16-14-30)40-37(44)33(29-9-5-27(6-10-29)17-19-38(2,3)4)24-28-7-11-31(12-8-28)36(43)39-20-22-48(45,46)47/h5-19,21,23,25,33H,20,22,24H2,1-4H3,(H,39,43)(H,40,44)(H,45,46,47)/b19-17+. The topological polar surface area (TPSA) is 130 Å². The van der Waals surface area contributed by atoms with E-state index in [1.165, 1.54) is 0 Å². The zero-order valence-electron chi connectivity index (χ0n) is 27.5. The molecular weight excluding hydrogens is 625 g/mol. The van der Waals surface area contributed by atoms with Gasteiger partial charge in [-0.1, -0.05) is 81.5 Å². The minimum Gasteiger partial charge on any atom is -0.351 e. The lowest BCUT2D eigenvalue weighted by Gasteiger charge is -2.18. The second kappa shape index (κ2) is 14.4. The van der Waals surface area contributed by atoms with Gasteiger partial charge in [-0.05, 0) is 77.4 Å². The molecule has 9 nitrogen and oxygen atoms in total. The highest BCUT2D eigenvalue weighted by molar-refractivity contribution is 7.85. The second-order valence-electron chi connectivity index (χ2n) is 13.0. The van der Waals surface area contributed by atoms with Crippen LogP contribution in [-0.2, 0) is 21.3 Å². The Morgan fingerprint density at radius 1 is 0.958 bits per heavy atom. The molecule has 1 unspecified atom stereocenters. The number of rotatable bonds is 11. The van der Waals surface area contributed by atoms with E-state index >= 15 is 0 Å². The lowest BCUT2D eigenvalue weighted by atomic mass is 9.89. The van der Waals surface area contributed by atoms with Crippen LogP contribution in [0.25, 0.3) is 23.0 Å². The van der Waals surface area contributed by atoms with E-state index in [0.29, 0.717) is 17.7 Å². The molecule has 5 rings (SSSR count). The number of nitrogens with one attached hydrogen (secondary N) is 2. The Balaban J connectivity index is 1.33. The molecule has 48 heavy (non-hydrogen) atoms. The number of carbonyl (C=O) groups excluding carboxylic acids is 2. The van der Waals surface area contributed by atoms with Crippen molar-refractivity contribution in [1.29, 1.82) is 0 Å². The summed E-state index contributed by atoms with van der Waals surface area (Å²) < 4.78 is 32.8. The summed E-state index contributed by atoms with van der Waals surface area (Å²) in [5, 5.41) is 5.57. The first kappa shape index (κ1) is 34.3. The molecule has 0 aliphatic heterocycles. The number of hydrogen-bond donors (Lipinski definition) is 3. The SMILES string of the molecule is Cc1ccn2cc(-c3ccc(NC(=O)C(Cc4ccc(C(=O)NCCS(=O)(=O)O)cc4)c4ccc(/C=C/C(C)(C)C)cc4)cc3)nc2c1. The molecule has 0 spiro atoms. The Morgan fingerprint density at radius 3 is 2.29 bits per heavy atom. The molecule has 3 aromatic carbocycles. The van der Waals surface area contributed by atoms with E-state index in [-0.39, 0.29) is 17.9 Å². The predicted octanol–water partition coefficient (Wildman–Crippen LogP) is 6.95. The van der Waals surface area contributed by atoms with Gasteiger partial charge in [-0.2, -0.15) is 8.42 Å². The summed E-state index contributed by atoms with van der Waals surface area (Å²) in [5.74, 6) is -1.72. The first-order valence-electron chi connectivity index (χ1n) is 15.7. The third-order valence-corrected chi connectivity index (χ3v) is 8.52. The molecule has 2 amide bonds. The molecule has 0 saturated heterocycles. The molecule has 1 atom stereocenters. The molecule has 3 N–H and O–H groups in total. The van der Waals surface area contributed by atoms with Gasteiger partial charge in [0.05, 0.1) is 17.4 Å². The predicted molar refractivity (Wildman–Crippen MR) is 191 cm³/mol. The van der Waals surface area contributed by atoms with Crippen molar-refractivity contribution in [2.45, 2.75) is 40.0 Å². The van der Waals surface area contributed by atoms with E-state index in [1.54, 1.807) is 24.3 Å². The van der Waals surface area contributed by atoms with Crippen molar-refractivity contribution in [3.8, 4) is 11.3 Å². The number of aromatic nitrogens is 2. The molecule has 248 valence electrons. The minimum atomic E-state index is -4.17. The highest BCUT2D eigenvalue weighted by Gasteiger charge is 2.22. The van der Waals surface area contributed by atoms with Crippen molar-refractivity contribution in [3.63, 3.8) is 0 Å². The number of benzene rings is 3. The van der Waals surface area contributed by atoms with Gasteiger partial charge in [-0.3, -0.25) is 14.1 Å². The summed E-state index contributed by atoms with van der Waals surface area (Å²) in [5.41, 5.74) is 7.56. The zero-order chi connectivity index (χ0) is 34.5. The number of aryl methyl sites for hydroxylation is 1. The number of hydrogen-bond acceptors (Lipinski definition) is 5. The number of pyridine rings is 1. The fourth-order valence-electron chi connectivity index (χ4n) is 5.15. The molecule has 2 aromatic heterocycles. The van der Waals surface area contributed by atoms with Crippen molar-refractivity contribution in [2.24, 2.45) is 5.41 Å². The van der Waals surface area contributed by atoms with Gasteiger partial charge in [0.2, 0.25) is 5.91 Å². The Hall–Kier alpha value is -5.06. The third-order valence-electron chi connectivity index (χ3n) is 7.80. The molecule has 0 aliphatic carbocycles. The molecule has 0 aliphatic rings. The molecular formula is C38H40N4O5S. The van der Waals surface area contributed by atoms with Crippen LogP contribution in [0, 0.1) is 12.3 Å². The lowest BCUT2D eigenvalue weighted by molar-refractivity contribution is -0.117. The zero-order valence-corrected chi connectivity index (χ0v) is 28.3. The lowest BCUT2D eigenvalue weighted by Crippen LogP contribution is -2.28. The Kier molecular flexibility index (Phi) is 10.3. The molecule has 0 bridgehead atoms. The fraction of sp³-hybridized carbons (Fsp3) is 0.237. The highest BCUT2D eigenvalue weighted by Crippen LogP contribution is 2.27. The number of imidazole rings is 1. The Morgan fingerprint density at radius 2 is 1.65 bits per heavy atom. The maximum absolute atomic E-state index is 13.9. The molecule has 0 radical (unpaired) electrons. The summed E-state index contributed by atoms with van der Waals surface area (Å²) in [4.78, 5) is 31.1. The summed E-state index contributed by atoms with van der Waals surface area (Å²) in [6.45, 7) is 8.24. The van der Waals surface area contributed by atoms with Crippen molar-refractivity contribution in [3.05, 3.63) is 131 Å². The van der Waals surface area contributed by atoms with Crippen LogP contribution in [0.15, 0.2) is 103 Å². The monoisotopic (exact) mass is 664 g/mol. The van der Waals surface area contributed by atoms with E-state index in [9.17, 15) is 18.0 Å². The average Bonchev–Trinajstić information content (AvgIpc) is 3.46. The van der Waals surface area contributed by atoms with E-state index in [0.717, 1.165) is 39.2 Å². The Bertz CT molecular complexity index is 2040. The maximum atomic E-state index is 13.9. The van der Waals surface area contributed by atoms with E-state index in [4.69, 9.17) is 9.54 Å². The third kappa shape index (κ3) is 9.49. The van der Waals surface area contributed by atoms with Crippen LogP contribution in [-0.4, -0.2) is 46.5 Å². The van der Waals surface area contributed by atoms with E-state index in [2.05, 4.69) is 43.6 Å². The van der Waals surface area contributed by atoms with Crippen LogP contribution < -0.4 is 10.6 Å². The number of nitrogens with zero attached hydrogens (tertiary/aromatic N) is 2. The molecule has 5 aromatic rings. The van der Waals surface area contributed by atoms with Gasteiger partial charge < -0.3 is 15.0 Å². The molecule has 0 saturated carbocycles. The van der Waals surface area contributed by atoms with E-state index < -0.39 is 27.7 Å². The molecule has 10 heteroatoms. The normalized spacial score (nSPS) is 12.7. The average molecular weight is 665 g/mol. The number of amides is 2. The quantitative estimate of drug-likeness (QED) is 0.131. The van der Waals surface area contributed by atoms with Crippen molar-refractivity contribution in [1.82, 2.24) is 14.7 Å². The summed E-state index contributed by atoms with van der Waals surface area (Å²) in [7, 11) is -4.17. The summed E-state index contributed by atoms with van der Waals surface area (Å²) in [6.07, 6.45) is 8.56. The Labute approximate surface area is 281 Å². The first-order chi connectivity index (χ1) is 22.7. The van der Waals surface area contributed by atoms with Gasteiger partial charge in [-0.15, -0.1) is 0 Å². The largest absolute Gasteiger partial charge is 0.351 e. The van der Waals surface area contributed by atoms with E-state index in [1.807, 2.05) is 84.4 Å². The molecule has 0 fully saturated rings. The van der Waals surface area contributed by atoms with Gasteiger partial charge in [0.15, 0.2) is 0 Å². The van der Waals surface area contributed by atoms with Crippen LogP contribution in [0.3, 0.4) is 0 Å². The van der Waals surface area contributed by atoms with Crippen molar-refractivity contribution in [2.75, 3.05) is 17.6 Å². The first-order valence-corrected chi connectivity index (χ1v) is 17.3. The second-order valence-corrected chi connectivity index (χ2v) is 14.6. The number of anilines is 1. The molecule has 2 heterocycles. The van der Waals surface area contributed by atoms with Gasteiger partial charge >= 0.3 is 0 Å². The van der Waals surface area contributed by atoms with Crippen LogP contribution >= 0.6 is 0 Å². The summed E-state index contributed by atoms with van der Waals surface area (Å²) >= 11 is 0. The van der Waals surface area contributed by atoms with Crippen LogP contribution in [0.4, 0.5) is 5.69 Å². The van der Waals surface area contributed by atoms with Crippen LogP contribution in [0.1, 0.15) is 59.3 Å². The van der Waals surface area contributed by atoms with Crippen LogP contribution in [0.5, 0.6) is 0 Å². The smallest absolute Gasteiger partial charge is 0.266 e. The van der Waals surface area contributed by atoms with Crippen LogP contribution in [0.2, 0.25) is 0 Å². The number of allylic oxidation sites excluding steroid dienone is 1. The van der Waals surface area contributed by atoms with Crippen molar-refractivity contribution >= 4 is 39.3 Å². The van der Waals surface area contributed by atoms with Gasteiger partial charge in [0, 0.05) is 35.8 Å². The maximum Gasteiger partial charge on any atom is 0.266 e. The highest BCUT2D eigenvalue weighted by atomic mass is 32.2. The fourth-order valence-corrected chi connectivity index (χ4v) is 5.51. The van der Waals surface area contributed by atoms with Gasteiger partial charge in [0.1, 0.15) is 5.65 Å². The van der Waals surface area contributed by atoms with Gasteiger partial charge in [-0.25, -0.2) is 4.98 Å². The number of fused-ring (bicyclic) bond motifs is 1. The summed E-state index contributed by atoms with van der Waals surface area (Å²) in [6, 6.07) is 26.5. The van der Waals surface area contributed by atoms with Crippen molar-refractivity contribution < 1.29 is 22.6 Å². The van der Waals surface area contributed by atoms with Gasteiger partial charge in [0.25, 0.3) is 16.0 Å².